The summed E-state index contributed by atoms with van der Waals surface area (Å²) in [5.41, 5.74) is 1.11. The molecule has 1 saturated carbocycles. The number of halogens is 3. The zero-order valence-corrected chi connectivity index (χ0v) is 16.8. The van der Waals surface area contributed by atoms with Crippen LogP contribution in [-0.2, 0) is 11.3 Å². The van der Waals surface area contributed by atoms with Crippen molar-refractivity contribution in [3.8, 4) is 22.5 Å². The minimum Gasteiger partial charge on any atom is -0.342 e. The molecule has 0 radical (unpaired) electrons. The lowest BCUT2D eigenvalue weighted by Crippen LogP contribution is -2.30. The number of carbonyl (C=O) groups excluding carboxylic acids is 1. The number of hydrogen-bond donors (Lipinski definition) is 0. The van der Waals surface area contributed by atoms with Crippen LogP contribution in [0.2, 0.25) is 0 Å². The summed E-state index contributed by atoms with van der Waals surface area (Å²) in [7, 11) is 0. The lowest BCUT2D eigenvalue weighted by atomic mass is 10.0. The minimum absolute atomic E-state index is 0.214. The van der Waals surface area contributed by atoms with Crippen LogP contribution in [0.3, 0.4) is 0 Å². The molecule has 1 atom stereocenters. The number of rotatable bonds is 5. The number of nitrogens with zero attached hydrogens (tertiary/aromatic N) is 4. The van der Waals surface area contributed by atoms with Crippen molar-refractivity contribution >= 4 is 5.91 Å². The Balaban J connectivity index is 1.34. The zero-order valence-electron chi connectivity index (χ0n) is 16.8. The molecule has 8 heteroatoms. The number of aromatic nitrogens is 3. The number of hydrogen-bond acceptors (Lipinski definition) is 3. The van der Waals surface area contributed by atoms with Gasteiger partial charge < -0.3 is 9.47 Å². The molecule has 2 aliphatic rings. The van der Waals surface area contributed by atoms with Crippen molar-refractivity contribution < 1.29 is 18.0 Å². The van der Waals surface area contributed by atoms with Gasteiger partial charge in [0.1, 0.15) is 12.1 Å². The van der Waals surface area contributed by atoms with Gasteiger partial charge in [-0.25, -0.2) is 13.2 Å². The Morgan fingerprint density at radius 1 is 0.968 bits per heavy atom. The summed E-state index contributed by atoms with van der Waals surface area (Å²) < 4.78 is 43.4. The lowest BCUT2D eigenvalue weighted by molar-refractivity contribution is -0.131. The molecule has 0 spiro atoms. The standard InChI is InChI=1S/C23H21F3N4O/c24-19-6-4-17(10-21(19)26)16-3-5-18(20(25)9-16)22-28-27-13-30(22)12-14-7-8-29(11-14)23(31)15-1-2-15/h3-6,9-10,13-15H,1-2,7-8,11-12H2/t14-/m1/s1. The van der Waals surface area contributed by atoms with Crippen molar-refractivity contribution in [1.82, 2.24) is 19.7 Å². The lowest BCUT2D eigenvalue weighted by Gasteiger charge is -2.17. The summed E-state index contributed by atoms with van der Waals surface area (Å²) in [6.07, 6.45) is 4.46. The van der Waals surface area contributed by atoms with Crippen LogP contribution >= 0.6 is 0 Å². The van der Waals surface area contributed by atoms with Crippen LogP contribution < -0.4 is 0 Å². The van der Waals surface area contributed by atoms with Crippen LogP contribution in [0.5, 0.6) is 0 Å². The summed E-state index contributed by atoms with van der Waals surface area (Å²) in [6, 6.07) is 7.98. The SMILES string of the molecule is O=C(C1CC1)N1CC[C@@H](Cn2cnnc2-c2ccc(-c3ccc(F)c(F)c3)cc2F)C1. The van der Waals surface area contributed by atoms with E-state index in [9.17, 15) is 18.0 Å². The van der Waals surface area contributed by atoms with E-state index in [2.05, 4.69) is 10.2 Å². The first-order chi connectivity index (χ1) is 15.0. The van der Waals surface area contributed by atoms with Gasteiger partial charge in [-0.05, 0) is 60.6 Å². The molecule has 1 saturated heterocycles. The van der Waals surface area contributed by atoms with E-state index in [4.69, 9.17) is 0 Å². The largest absolute Gasteiger partial charge is 0.342 e. The van der Waals surface area contributed by atoms with Crippen molar-refractivity contribution in [2.24, 2.45) is 11.8 Å². The molecule has 5 nitrogen and oxygen atoms in total. The summed E-state index contributed by atoms with van der Waals surface area (Å²) in [5, 5.41) is 8.04. The first kappa shape index (κ1) is 19.8. The Bertz CT molecular complexity index is 1140. The fraction of sp³-hybridized carbons (Fsp3) is 0.348. The Morgan fingerprint density at radius 3 is 2.42 bits per heavy atom. The predicted octanol–water partition coefficient (Wildman–Crippen LogP) is 4.29. The van der Waals surface area contributed by atoms with Gasteiger partial charge >= 0.3 is 0 Å². The van der Waals surface area contributed by atoms with Gasteiger partial charge in [0.15, 0.2) is 17.5 Å². The van der Waals surface area contributed by atoms with E-state index in [0.29, 0.717) is 30.0 Å². The maximum atomic E-state index is 14.9. The van der Waals surface area contributed by atoms with Gasteiger partial charge in [-0.2, -0.15) is 0 Å². The quantitative estimate of drug-likeness (QED) is 0.612. The minimum atomic E-state index is -0.979. The molecule has 2 heterocycles. The van der Waals surface area contributed by atoms with Gasteiger partial charge in [-0.15, -0.1) is 10.2 Å². The summed E-state index contributed by atoms with van der Waals surface area (Å²) in [6.45, 7) is 2.06. The molecular weight excluding hydrogens is 405 g/mol. The molecule has 1 amide bonds. The van der Waals surface area contributed by atoms with E-state index in [1.54, 1.807) is 18.5 Å². The highest BCUT2D eigenvalue weighted by molar-refractivity contribution is 5.81. The second-order valence-electron chi connectivity index (χ2n) is 8.34. The maximum absolute atomic E-state index is 14.9. The third-order valence-electron chi connectivity index (χ3n) is 6.06. The van der Waals surface area contributed by atoms with Crippen molar-refractivity contribution in [2.45, 2.75) is 25.8 Å². The van der Waals surface area contributed by atoms with Gasteiger partial charge in [0, 0.05) is 25.6 Å². The van der Waals surface area contributed by atoms with Crippen LogP contribution in [0.1, 0.15) is 19.3 Å². The zero-order chi connectivity index (χ0) is 21.5. The highest BCUT2D eigenvalue weighted by atomic mass is 19.2. The molecule has 1 aliphatic heterocycles. The van der Waals surface area contributed by atoms with Gasteiger partial charge in [0.2, 0.25) is 5.91 Å². The monoisotopic (exact) mass is 426 g/mol. The Labute approximate surface area is 177 Å². The first-order valence-electron chi connectivity index (χ1n) is 10.4. The van der Waals surface area contributed by atoms with Crippen LogP contribution in [0.4, 0.5) is 13.2 Å². The highest BCUT2D eigenvalue weighted by Gasteiger charge is 2.36. The number of amides is 1. The fourth-order valence-electron chi connectivity index (χ4n) is 4.20. The fourth-order valence-corrected chi connectivity index (χ4v) is 4.20. The second kappa shape index (κ2) is 7.83. The van der Waals surface area contributed by atoms with Crippen LogP contribution in [0.25, 0.3) is 22.5 Å². The average molecular weight is 426 g/mol. The van der Waals surface area contributed by atoms with E-state index in [0.717, 1.165) is 37.9 Å². The highest BCUT2D eigenvalue weighted by Crippen LogP contribution is 2.33. The van der Waals surface area contributed by atoms with E-state index < -0.39 is 17.5 Å². The second-order valence-corrected chi connectivity index (χ2v) is 8.34. The molecule has 160 valence electrons. The van der Waals surface area contributed by atoms with Crippen molar-refractivity contribution in [2.75, 3.05) is 13.1 Å². The summed E-state index contributed by atoms with van der Waals surface area (Å²) >= 11 is 0. The van der Waals surface area contributed by atoms with Crippen molar-refractivity contribution in [3.05, 3.63) is 60.2 Å². The van der Waals surface area contributed by atoms with E-state index >= 15 is 0 Å². The van der Waals surface area contributed by atoms with Gasteiger partial charge in [0.05, 0.1) is 5.56 Å². The van der Waals surface area contributed by atoms with Crippen molar-refractivity contribution in [3.63, 3.8) is 0 Å². The molecule has 31 heavy (non-hydrogen) atoms. The molecular formula is C23H21F3N4O. The maximum Gasteiger partial charge on any atom is 0.225 e. The van der Waals surface area contributed by atoms with E-state index in [1.807, 2.05) is 9.47 Å². The van der Waals surface area contributed by atoms with Crippen molar-refractivity contribution in [1.29, 1.82) is 0 Å². The third-order valence-corrected chi connectivity index (χ3v) is 6.06. The molecule has 3 aromatic rings. The summed E-state index contributed by atoms with van der Waals surface area (Å²) in [4.78, 5) is 14.2. The van der Waals surface area contributed by atoms with Gasteiger partial charge in [-0.3, -0.25) is 4.79 Å². The molecule has 0 N–H and O–H groups in total. The third kappa shape index (κ3) is 3.94. The summed E-state index contributed by atoms with van der Waals surface area (Å²) in [5.74, 6) is -1.31. The Hall–Kier alpha value is -3.16. The first-order valence-corrected chi connectivity index (χ1v) is 10.4. The number of carbonyl (C=O) groups is 1. The Kier molecular flexibility index (Phi) is 5.00. The van der Waals surface area contributed by atoms with Gasteiger partial charge in [0.25, 0.3) is 0 Å². The topological polar surface area (TPSA) is 51.0 Å². The van der Waals surface area contributed by atoms with Crippen LogP contribution in [0.15, 0.2) is 42.7 Å². The molecule has 0 bridgehead atoms. The van der Waals surface area contributed by atoms with Crippen LogP contribution in [-0.4, -0.2) is 38.7 Å². The number of benzene rings is 2. The number of likely N-dealkylation sites (tertiary alicyclic amines) is 1. The molecule has 2 aromatic carbocycles. The smallest absolute Gasteiger partial charge is 0.225 e. The average Bonchev–Trinajstić information content (AvgIpc) is 3.34. The van der Waals surface area contributed by atoms with Crippen LogP contribution in [0, 0.1) is 29.3 Å². The molecule has 5 rings (SSSR count). The van der Waals surface area contributed by atoms with Gasteiger partial charge in [-0.1, -0.05) is 12.1 Å². The molecule has 1 aromatic heterocycles. The Morgan fingerprint density at radius 2 is 1.71 bits per heavy atom. The molecule has 1 aliphatic carbocycles. The van der Waals surface area contributed by atoms with E-state index in [1.165, 1.54) is 12.1 Å². The normalized spacial score (nSPS) is 18.5. The molecule has 2 fully saturated rings. The molecule has 0 unspecified atom stereocenters. The predicted molar refractivity (Wildman–Crippen MR) is 108 cm³/mol. The van der Waals surface area contributed by atoms with E-state index in [-0.39, 0.29) is 23.3 Å².